The maximum atomic E-state index is 13.4. The Morgan fingerprint density at radius 3 is 2.79 bits per heavy atom. The van der Waals surface area contributed by atoms with E-state index in [1.165, 1.54) is 12.1 Å². The SMILES string of the molecule is O=C(NC1CCCN(c2cccc(F)c2)C1)c1cccc(Cl)c1Cl. The molecule has 1 heterocycles. The van der Waals surface area contributed by atoms with E-state index in [0.29, 0.717) is 17.1 Å². The summed E-state index contributed by atoms with van der Waals surface area (Å²) >= 11 is 12.1. The van der Waals surface area contributed by atoms with E-state index in [0.717, 1.165) is 25.1 Å². The minimum Gasteiger partial charge on any atom is -0.369 e. The number of carbonyl (C=O) groups excluding carboxylic acids is 1. The molecular weight excluding hydrogens is 350 g/mol. The number of nitrogens with zero attached hydrogens (tertiary/aromatic N) is 1. The number of halogens is 3. The predicted molar refractivity (Wildman–Crippen MR) is 95.6 cm³/mol. The van der Waals surface area contributed by atoms with Crippen molar-refractivity contribution in [3.05, 3.63) is 63.9 Å². The first kappa shape index (κ1) is 17.1. The zero-order chi connectivity index (χ0) is 17.1. The molecule has 1 N–H and O–H groups in total. The van der Waals surface area contributed by atoms with E-state index in [4.69, 9.17) is 23.2 Å². The van der Waals surface area contributed by atoms with Crippen molar-refractivity contribution >= 4 is 34.8 Å². The average molecular weight is 367 g/mol. The highest BCUT2D eigenvalue weighted by Crippen LogP contribution is 2.26. The highest BCUT2D eigenvalue weighted by atomic mass is 35.5. The second-order valence-electron chi connectivity index (χ2n) is 5.84. The molecule has 2 aromatic carbocycles. The molecule has 3 nitrogen and oxygen atoms in total. The van der Waals surface area contributed by atoms with E-state index in [1.54, 1.807) is 24.3 Å². The molecule has 1 atom stereocenters. The van der Waals surface area contributed by atoms with Gasteiger partial charge >= 0.3 is 0 Å². The normalized spacial score (nSPS) is 17.6. The maximum absolute atomic E-state index is 13.4. The lowest BCUT2D eigenvalue weighted by molar-refractivity contribution is 0.0933. The van der Waals surface area contributed by atoms with Gasteiger partial charge in [-0.25, -0.2) is 4.39 Å². The zero-order valence-electron chi connectivity index (χ0n) is 12.9. The molecule has 0 saturated carbocycles. The summed E-state index contributed by atoms with van der Waals surface area (Å²) in [5, 5.41) is 3.61. The number of nitrogens with one attached hydrogen (secondary N) is 1. The van der Waals surface area contributed by atoms with E-state index in [2.05, 4.69) is 10.2 Å². The van der Waals surface area contributed by atoms with Gasteiger partial charge in [0, 0.05) is 24.8 Å². The van der Waals surface area contributed by atoms with Crippen molar-refractivity contribution < 1.29 is 9.18 Å². The van der Waals surface area contributed by atoms with Crippen LogP contribution in [0.1, 0.15) is 23.2 Å². The van der Waals surface area contributed by atoms with E-state index in [9.17, 15) is 9.18 Å². The van der Waals surface area contributed by atoms with Crippen molar-refractivity contribution in [2.24, 2.45) is 0 Å². The first-order chi connectivity index (χ1) is 11.5. The van der Waals surface area contributed by atoms with E-state index in [-0.39, 0.29) is 22.8 Å². The number of hydrogen-bond donors (Lipinski definition) is 1. The monoisotopic (exact) mass is 366 g/mol. The molecule has 0 bridgehead atoms. The Morgan fingerprint density at radius 1 is 1.21 bits per heavy atom. The van der Waals surface area contributed by atoms with Gasteiger partial charge in [-0.1, -0.05) is 35.3 Å². The number of anilines is 1. The van der Waals surface area contributed by atoms with Gasteiger partial charge < -0.3 is 10.2 Å². The summed E-state index contributed by atoms with van der Waals surface area (Å²) in [7, 11) is 0. The topological polar surface area (TPSA) is 32.3 Å². The van der Waals surface area contributed by atoms with Crippen LogP contribution in [0.4, 0.5) is 10.1 Å². The average Bonchev–Trinajstić information content (AvgIpc) is 2.57. The van der Waals surface area contributed by atoms with Crippen molar-refractivity contribution in [2.75, 3.05) is 18.0 Å². The Kier molecular flexibility index (Phi) is 5.27. The summed E-state index contributed by atoms with van der Waals surface area (Å²) in [6.45, 7) is 1.47. The third-order valence-electron chi connectivity index (χ3n) is 4.13. The summed E-state index contributed by atoms with van der Waals surface area (Å²) < 4.78 is 13.4. The second kappa shape index (κ2) is 7.41. The lowest BCUT2D eigenvalue weighted by Gasteiger charge is -2.34. The Balaban J connectivity index is 1.69. The van der Waals surface area contributed by atoms with Crippen LogP contribution >= 0.6 is 23.2 Å². The number of amides is 1. The summed E-state index contributed by atoms with van der Waals surface area (Å²) in [6, 6.07) is 11.5. The van der Waals surface area contributed by atoms with E-state index < -0.39 is 0 Å². The molecule has 6 heteroatoms. The fourth-order valence-electron chi connectivity index (χ4n) is 2.94. The zero-order valence-corrected chi connectivity index (χ0v) is 14.4. The van der Waals surface area contributed by atoms with Crippen molar-refractivity contribution in [1.82, 2.24) is 5.32 Å². The number of piperidine rings is 1. The smallest absolute Gasteiger partial charge is 0.253 e. The number of hydrogen-bond acceptors (Lipinski definition) is 2. The molecule has 1 fully saturated rings. The summed E-state index contributed by atoms with van der Waals surface area (Å²) in [5.74, 6) is -0.502. The van der Waals surface area contributed by atoms with Crippen molar-refractivity contribution in [2.45, 2.75) is 18.9 Å². The lowest BCUT2D eigenvalue weighted by Crippen LogP contribution is -2.47. The summed E-state index contributed by atoms with van der Waals surface area (Å²) in [6.07, 6.45) is 1.79. The molecule has 1 aliphatic heterocycles. The van der Waals surface area contributed by atoms with Crippen LogP contribution in [-0.2, 0) is 0 Å². The van der Waals surface area contributed by atoms with Gasteiger partial charge in [0.05, 0.1) is 15.6 Å². The summed E-state index contributed by atoms with van der Waals surface area (Å²) in [4.78, 5) is 14.5. The Labute approximate surface area is 150 Å². The maximum Gasteiger partial charge on any atom is 0.253 e. The second-order valence-corrected chi connectivity index (χ2v) is 6.63. The molecule has 3 rings (SSSR count). The van der Waals surface area contributed by atoms with Crippen LogP contribution in [0.2, 0.25) is 10.0 Å². The number of carbonyl (C=O) groups is 1. The quantitative estimate of drug-likeness (QED) is 0.865. The molecule has 1 amide bonds. The highest BCUT2D eigenvalue weighted by molar-refractivity contribution is 6.43. The molecule has 1 saturated heterocycles. The molecule has 1 unspecified atom stereocenters. The van der Waals surface area contributed by atoms with Gasteiger partial charge in [0.25, 0.3) is 5.91 Å². The molecule has 0 aliphatic carbocycles. The minimum absolute atomic E-state index is 0.0236. The van der Waals surface area contributed by atoms with Crippen LogP contribution in [0.3, 0.4) is 0 Å². The molecule has 24 heavy (non-hydrogen) atoms. The van der Waals surface area contributed by atoms with Crippen LogP contribution in [0.5, 0.6) is 0 Å². The fourth-order valence-corrected chi connectivity index (χ4v) is 3.33. The van der Waals surface area contributed by atoms with Gasteiger partial charge in [0.15, 0.2) is 0 Å². The van der Waals surface area contributed by atoms with Gasteiger partial charge in [0.2, 0.25) is 0 Å². The van der Waals surface area contributed by atoms with E-state index >= 15 is 0 Å². The van der Waals surface area contributed by atoms with Crippen LogP contribution in [0.15, 0.2) is 42.5 Å². The van der Waals surface area contributed by atoms with Crippen LogP contribution in [-0.4, -0.2) is 25.0 Å². The Hall–Kier alpha value is -1.78. The van der Waals surface area contributed by atoms with Crippen molar-refractivity contribution in [1.29, 1.82) is 0 Å². The number of benzene rings is 2. The highest BCUT2D eigenvalue weighted by Gasteiger charge is 2.23. The molecule has 1 aliphatic rings. The summed E-state index contributed by atoms with van der Waals surface area (Å²) in [5.41, 5.74) is 1.20. The lowest BCUT2D eigenvalue weighted by atomic mass is 10.0. The first-order valence-electron chi connectivity index (χ1n) is 7.80. The van der Waals surface area contributed by atoms with Crippen LogP contribution in [0, 0.1) is 5.82 Å². The molecule has 2 aromatic rings. The molecule has 0 aromatic heterocycles. The van der Waals surface area contributed by atoms with Crippen molar-refractivity contribution in [3.63, 3.8) is 0 Å². The third-order valence-corrected chi connectivity index (χ3v) is 4.95. The van der Waals surface area contributed by atoms with Gasteiger partial charge in [-0.05, 0) is 43.2 Å². The van der Waals surface area contributed by atoms with Crippen LogP contribution < -0.4 is 10.2 Å². The van der Waals surface area contributed by atoms with Crippen LogP contribution in [0.25, 0.3) is 0 Å². The van der Waals surface area contributed by atoms with Gasteiger partial charge in [-0.2, -0.15) is 0 Å². The van der Waals surface area contributed by atoms with Gasteiger partial charge in [-0.15, -0.1) is 0 Å². The molecule has 0 spiro atoms. The first-order valence-corrected chi connectivity index (χ1v) is 8.55. The van der Waals surface area contributed by atoms with Gasteiger partial charge in [0.1, 0.15) is 5.82 Å². The number of rotatable bonds is 3. The standard InChI is InChI=1S/C18H17Cl2FN2O/c19-16-8-2-7-15(17(16)20)18(24)22-13-5-3-9-23(11-13)14-6-1-4-12(21)10-14/h1-2,4,6-8,10,13H,3,5,9,11H2,(H,22,24). The third kappa shape index (κ3) is 3.82. The molecule has 126 valence electrons. The molecular formula is C18H17Cl2FN2O. The van der Waals surface area contributed by atoms with Crippen molar-refractivity contribution in [3.8, 4) is 0 Å². The predicted octanol–water partition coefficient (Wildman–Crippen LogP) is 4.53. The molecule has 0 radical (unpaired) electrons. The minimum atomic E-state index is -0.260. The fraction of sp³-hybridized carbons (Fsp3) is 0.278. The van der Waals surface area contributed by atoms with E-state index in [1.807, 2.05) is 6.07 Å². The Morgan fingerprint density at radius 2 is 2.00 bits per heavy atom. The Bertz CT molecular complexity index is 754. The largest absolute Gasteiger partial charge is 0.369 e. The van der Waals surface area contributed by atoms with Gasteiger partial charge in [-0.3, -0.25) is 4.79 Å².